The van der Waals surface area contributed by atoms with Crippen LogP contribution in [0.1, 0.15) is 46.5 Å². The summed E-state index contributed by atoms with van der Waals surface area (Å²) in [4.78, 5) is 39.8. The smallest absolute Gasteiger partial charge is 0.341 e. The van der Waals surface area contributed by atoms with Crippen LogP contribution in [-0.2, 0) is 27.2 Å². The van der Waals surface area contributed by atoms with E-state index in [-0.39, 0.29) is 30.2 Å². The van der Waals surface area contributed by atoms with E-state index in [4.69, 9.17) is 4.74 Å². The molecule has 1 aromatic heterocycles. The predicted molar refractivity (Wildman–Crippen MR) is 104 cm³/mol. The molecule has 3 rings (SSSR count). The number of carbonyl (C=O) groups excluding carboxylic acids is 3. The number of anilines is 1. The Hall–Kier alpha value is -1.93. The highest BCUT2D eigenvalue weighted by Crippen LogP contribution is 2.38. The Balaban J connectivity index is 1.62. The molecule has 0 unspecified atom stereocenters. The third-order valence-corrected chi connectivity index (χ3v) is 6.59. The Kier molecular flexibility index (Phi) is 6.49. The average Bonchev–Trinajstić information content (AvgIpc) is 3.04. The highest BCUT2D eigenvalue weighted by atomic mass is 32.1. The summed E-state index contributed by atoms with van der Waals surface area (Å²) >= 11 is 1.50. The lowest BCUT2D eigenvalue weighted by molar-refractivity contribution is -0.126. The lowest BCUT2D eigenvalue weighted by Gasteiger charge is -2.30. The van der Waals surface area contributed by atoms with Gasteiger partial charge < -0.3 is 15.4 Å². The Morgan fingerprint density at radius 1 is 1.19 bits per heavy atom. The molecule has 1 aromatic rings. The van der Waals surface area contributed by atoms with Gasteiger partial charge in [0.25, 0.3) is 0 Å². The summed E-state index contributed by atoms with van der Waals surface area (Å²) < 4.78 is 4.95. The number of hydrogen-bond donors (Lipinski definition) is 2. The molecule has 7 nitrogen and oxygen atoms in total. The van der Waals surface area contributed by atoms with Crippen LogP contribution in [0.5, 0.6) is 0 Å². The summed E-state index contributed by atoms with van der Waals surface area (Å²) in [6.07, 6.45) is 5.50. The number of aryl methyl sites for hydroxylation is 1. The number of thiophene rings is 1. The summed E-state index contributed by atoms with van der Waals surface area (Å²) in [5.41, 5.74) is 1.57. The fraction of sp³-hybridized carbons (Fsp3) is 0.632. The molecule has 0 spiro atoms. The molecule has 27 heavy (non-hydrogen) atoms. The lowest BCUT2D eigenvalue weighted by Crippen LogP contribution is -2.42. The summed E-state index contributed by atoms with van der Waals surface area (Å²) in [7, 11) is 3.03. The summed E-state index contributed by atoms with van der Waals surface area (Å²) in [6.45, 7) is 1.70. The van der Waals surface area contributed by atoms with Gasteiger partial charge in [-0.1, -0.05) is 0 Å². The fourth-order valence-electron chi connectivity index (χ4n) is 3.90. The maximum atomic E-state index is 12.6. The average molecular weight is 394 g/mol. The molecule has 1 fully saturated rings. The molecule has 2 aliphatic rings. The van der Waals surface area contributed by atoms with E-state index in [1.54, 1.807) is 7.05 Å². The van der Waals surface area contributed by atoms with E-state index < -0.39 is 0 Å². The Morgan fingerprint density at radius 2 is 1.89 bits per heavy atom. The molecule has 148 valence electrons. The number of methoxy groups -OCH3 is 1. The van der Waals surface area contributed by atoms with Crippen LogP contribution in [0.15, 0.2) is 0 Å². The van der Waals surface area contributed by atoms with E-state index in [1.165, 1.54) is 23.3 Å². The van der Waals surface area contributed by atoms with E-state index in [9.17, 15) is 14.4 Å². The number of fused-ring (bicyclic) bond motifs is 1. The first-order valence-corrected chi connectivity index (χ1v) is 10.3. The van der Waals surface area contributed by atoms with Crippen LogP contribution in [0.2, 0.25) is 0 Å². The molecule has 2 amide bonds. The highest BCUT2D eigenvalue weighted by Gasteiger charge is 2.28. The minimum atomic E-state index is -0.379. The molecule has 0 radical (unpaired) electrons. The van der Waals surface area contributed by atoms with E-state index in [0.29, 0.717) is 10.6 Å². The molecule has 0 bridgehead atoms. The zero-order valence-corrected chi connectivity index (χ0v) is 16.7. The standard InChI is InChI=1S/C19H27N3O4S/c1-20-17(24)12-7-9-22(10-8-12)11-15(23)21-18-16(19(25)26-2)13-5-3-4-6-14(13)27-18/h12H,3-11H2,1-2H3,(H,20,24)(H,21,23). The second kappa shape index (κ2) is 8.84. The second-order valence-corrected chi connectivity index (χ2v) is 8.22. The minimum Gasteiger partial charge on any atom is -0.465 e. The zero-order valence-electron chi connectivity index (χ0n) is 15.9. The lowest BCUT2D eigenvalue weighted by atomic mass is 9.95. The van der Waals surface area contributed by atoms with Gasteiger partial charge in [0, 0.05) is 17.8 Å². The van der Waals surface area contributed by atoms with Crippen LogP contribution in [0, 0.1) is 5.92 Å². The third kappa shape index (κ3) is 4.50. The summed E-state index contributed by atoms with van der Waals surface area (Å²) in [5, 5.41) is 6.23. The quantitative estimate of drug-likeness (QED) is 0.745. The van der Waals surface area contributed by atoms with Crippen molar-refractivity contribution in [1.29, 1.82) is 0 Å². The second-order valence-electron chi connectivity index (χ2n) is 7.12. The molecule has 1 aliphatic heterocycles. The molecule has 0 saturated carbocycles. The molecule has 2 heterocycles. The molecule has 1 saturated heterocycles. The van der Waals surface area contributed by atoms with E-state index in [2.05, 4.69) is 15.5 Å². The van der Waals surface area contributed by atoms with Crippen LogP contribution in [-0.4, -0.2) is 56.5 Å². The monoisotopic (exact) mass is 393 g/mol. The number of nitrogens with zero attached hydrogens (tertiary/aromatic N) is 1. The van der Waals surface area contributed by atoms with Gasteiger partial charge in [-0.15, -0.1) is 11.3 Å². The number of rotatable bonds is 5. The van der Waals surface area contributed by atoms with E-state index in [1.807, 2.05) is 0 Å². The van der Waals surface area contributed by atoms with Crippen molar-refractivity contribution in [2.45, 2.75) is 38.5 Å². The minimum absolute atomic E-state index is 0.0317. The molecule has 8 heteroatoms. The Bertz CT molecular complexity index is 723. The molecule has 0 aromatic carbocycles. The van der Waals surface area contributed by atoms with Crippen molar-refractivity contribution in [3.63, 3.8) is 0 Å². The summed E-state index contributed by atoms with van der Waals surface area (Å²) in [6, 6.07) is 0. The van der Waals surface area contributed by atoms with Gasteiger partial charge in [-0.05, 0) is 57.2 Å². The maximum Gasteiger partial charge on any atom is 0.341 e. The largest absolute Gasteiger partial charge is 0.465 e. The first kappa shape index (κ1) is 19.8. The highest BCUT2D eigenvalue weighted by molar-refractivity contribution is 7.17. The molecule has 2 N–H and O–H groups in total. The topological polar surface area (TPSA) is 87.7 Å². The third-order valence-electron chi connectivity index (χ3n) is 5.39. The number of ether oxygens (including phenoxy) is 1. The van der Waals surface area contributed by atoms with Gasteiger partial charge in [0.05, 0.1) is 19.2 Å². The fourth-order valence-corrected chi connectivity index (χ4v) is 5.19. The van der Waals surface area contributed by atoms with Crippen LogP contribution in [0.25, 0.3) is 0 Å². The van der Waals surface area contributed by atoms with Gasteiger partial charge in [0.2, 0.25) is 11.8 Å². The molecule has 1 aliphatic carbocycles. The Labute approximate surface area is 163 Å². The molecular formula is C19H27N3O4S. The number of piperidine rings is 1. The SMILES string of the molecule is CNC(=O)C1CCN(CC(=O)Nc2sc3c(c2C(=O)OC)CCCC3)CC1. The van der Waals surface area contributed by atoms with E-state index in [0.717, 1.165) is 57.2 Å². The van der Waals surface area contributed by atoms with Crippen molar-refractivity contribution in [2.24, 2.45) is 5.92 Å². The number of carbonyl (C=O) groups is 3. The van der Waals surface area contributed by atoms with E-state index >= 15 is 0 Å². The van der Waals surface area contributed by atoms with Gasteiger partial charge in [0.1, 0.15) is 5.00 Å². The van der Waals surface area contributed by atoms with Crippen molar-refractivity contribution in [2.75, 3.05) is 39.1 Å². The van der Waals surface area contributed by atoms with Gasteiger partial charge >= 0.3 is 5.97 Å². The predicted octanol–water partition coefficient (Wildman–Crippen LogP) is 1.81. The number of nitrogens with one attached hydrogen (secondary N) is 2. The normalized spacial score (nSPS) is 17.9. The van der Waals surface area contributed by atoms with Crippen molar-refractivity contribution in [3.8, 4) is 0 Å². The molecule has 0 atom stereocenters. The number of hydrogen-bond acceptors (Lipinski definition) is 6. The van der Waals surface area contributed by atoms with Crippen LogP contribution >= 0.6 is 11.3 Å². The number of likely N-dealkylation sites (tertiary alicyclic amines) is 1. The number of amides is 2. The van der Waals surface area contributed by atoms with Crippen molar-refractivity contribution in [3.05, 3.63) is 16.0 Å². The zero-order chi connectivity index (χ0) is 19.4. The van der Waals surface area contributed by atoms with Gasteiger partial charge in [-0.2, -0.15) is 0 Å². The summed E-state index contributed by atoms with van der Waals surface area (Å²) in [5.74, 6) is -0.400. The van der Waals surface area contributed by atoms with Crippen LogP contribution < -0.4 is 10.6 Å². The first-order chi connectivity index (χ1) is 13.0. The maximum absolute atomic E-state index is 12.6. The number of esters is 1. The van der Waals surface area contributed by atoms with Crippen molar-refractivity contribution in [1.82, 2.24) is 10.2 Å². The van der Waals surface area contributed by atoms with Crippen LogP contribution in [0.4, 0.5) is 5.00 Å². The first-order valence-electron chi connectivity index (χ1n) is 9.50. The van der Waals surface area contributed by atoms with Crippen molar-refractivity contribution >= 4 is 34.1 Å². The molecular weight excluding hydrogens is 366 g/mol. The Morgan fingerprint density at radius 3 is 2.56 bits per heavy atom. The van der Waals surface area contributed by atoms with Gasteiger partial charge in [0.15, 0.2) is 0 Å². The van der Waals surface area contributed by atoms with Gasteiger partial charge in [-0.3, -0.25) is 14.5 Å². The van der Waals surface area contributed by atoms with Gasteiger partial charge in [-0.25, -0.2) is 4.79 Å². The van der Waals surface area contributed by atoms with Crippen molar-refractivity contribution < 1.29 is 19.1 Å². The van der Waals surface area contributed by atoms with Crippen LogP contribution in [0.3, 0.4) is 0 Å².